The van der Waals surface area contributed by atoms with Crippen molar-refractivity contribution < 1.29 is 18.4 Å². The third-order valence-corrected chi connectivity index (χ3v) is 6.00. The van der Waals surface area contributed by atoms with Crippen molar-refractivity contribution in [1.29, 1.82) is 0 Å². The molecule has 0 spiro atoms. The molecule has 2 aromatic rings. The van der Waals surface area contributed by atoms with Crippen LogP contribution in [0.4, 0.5) is 13.6 Å². The van der Waals surface area contributed by atoms with E-state index in [-0.39, 0.29) is 18.5 Å². The number of benzene rings is 1. The lowest BCUT2D eigenvalue weighted by Gasteiger charge is -2.37. The number of rotatable bonds is 4. The molecule has 2 unspecified atom stereocenters. The molecule has 2 atom stereocenters. The summed E-state index contributed by atoms with van der Waals surface area (Å²) in [5.74, 6) is -4.54. The number of likely N-dealkylation sites (N-methyl/N-ethyl adjacent to an activating group) is 1. The van der Waals surface area contributed by atoms with Gasteiger partial charge in [0, 0.05) is 48.2 Å². The smallest absolute Gasteiger partial charge is 0.317 e. The fourth-order valence-corrected chi connectivity index (χ4v) is 4.07. The van der Waals surface area contributed by atoms with E-state index >= 15 is 0 Å². The van der Waals surface area contributed by atoms with Crippen LogP contribution in [0.25, 0.3) is 10.9 Å². The van der Waals surface area contributed by atoms with Crippen molar-refractivity contribution in [2.45, 2.75) is 37.8 Å². The molecule has 0 bridgehead atoms. The summed E-state index contributed by atoms with van der Waals surface area (Å²) in [7, 11) is 1.67. The SMILES string of the molecule is CN(C(=O)NCc1cc2cc(Cl)ccc2[nH]1)C1CCCN(C(=O)C2CC2(F)F)C1. The van der Waals surface area contributed by atoms with Crippen molar-refractivity contribution in [3.63, 3.8) is 0 Å². The van der Waals surface area contributed by atoms with Crippen LogP contribution in [-0.4, -0.2) is 58.8 Å². The van der Waals surface area contributed by atoms with Gasteiger partial charge in [0.25, 0.3) is 5.92 Å². The van der Waals surface area contributed by atoms with Crippen LogP contribution in [-0.2, 0) is 11.3 Å². The van der Waals surface area contributed by atoms with Gasteiger partial charge in [-0.2, -0.15) is 0 Å². The molecule has 1 aliphatic carbocycles. The number of hydrogen-bond acceptors (Lipinski definition) is 2. The number of halogens is 3. The third kappa shape index (κ3) is 4.17. The summed E-state index contributed by atoms with van der Waals surface area (Å²) in [6.45, 7) is 1.08. The number of piperidine rings is 1. The Morgan fingerprint density at radius 2 is 2.14 bits per heavy atom. The molecule has 1 aromatic carbocycles. The molecule has 2 fully saturated rings. The second kappa shape index (κ2) is 7.48. The van der Waals surface area contributed by atoms with Crippen molar-refractivity contribution >= 4 is 34.4 Å². The molecule has 1 saturated carbocycles. The van der Waals surface area contributed by atoms with E-state index in [0.717, 1.165) is 23.0 Å². The number of nitrogens with zero attached hydrogens (tertiary/aromatic N) is 2. The van der Waals surface area contributed by atoms with Crippen LogP contribution >= 0.6 is 11.6 Å². The summed E-state index contributed by atoms with van der Waals surface area (Å²) in [6, 6.07) is 7.00. The van der Waals surface area contributed by atoms with Gasteiger partial charge in [-0.1, -0.05) is 11.6 Å². The van der Waals surface area contributed by atoms with Gasteiger partial charge in [-0.3, -0.25) is 4.79 Å². The number of nitrogens with one attached hydrogen (secondary N) is 2. The standard InChI is InChI=1S/C20H23ClF2N4O2/c1-26(15-3-2-6-27(11-15)18(28)16-9-20(16,22)23)19(29)24-10-14-8-12-7-13(21)4-5-17(12)25-14/h4-5,7-8,15-16,25H,2-3,6,9-11H2,1H3,(H,24,29). The number of H-pyrrole nitrogens is 1. The number of likely N-dealkylation sites (tertiary alicyclic amines) is 1. The molecule has 2 heterocycles. The molecule has 3 amide bonds. The molecular formula is C20H23ClF2N4O2. The number of aromatic nitrogens is 1. The molecule has 0 radical (unpaired) electrons. The van der Waals surface area contributed by atoms with E-state index in [9.17, 15) is 18.4 Å². The van der Waals surface area contributed by atoms with Gasteiger partial charge in [-0.15, -0.1) is 0 Å². The largest absolute Gasteiger partial charge is 0.357 e. The van der Waals surface area contributed by atoms with Crippen LogP contribution in [0.5, 0.6) is 0 Å². The summed E-state index contributed by atoms with van der Waals surface area (Å²) in [5, 5.41) is 4.47. The number of urea groups is 1. The maximum atomic E-state index is 13.2. The molecule has 6 nitrogen and oxygen atoms in total. The normalized spacial score (nSPS) is 23.1. The van der Waals surface area contributed by atoms with Gasteiger partial charge in [-0.05, 0) is 37.1 Å². The maximum Gasteiger partial charge on any atom is 0.317 e. The van der Waals surface area contributed by atoms with E-state index in [1.165, 1.54) is 4.90 Å². The van der Waals surface area contributed by atoms with Crippen molar-refractivity contribution in [3.05, 3.63) is 35.0 Å². The highest BCUT2D eigenvalue weighted by Crippen LogP contribution is 2.49. The summed E-state index contributed by atoms with van der Waals surface area (Å²) in [4.78, 5) is 31.1. The molecular weight excluding hydrogens is 402 g/mol. The molecule has 156 valence electrons. The number of amides is 3. The van der Waals surface area contributed by atoms with E-state index in [4.69, 9.17) is 11.6 Å². The van der Waals surface area contributed by atoms with Gasteiger partial charge >= 0.3 is 6.03 Å². The summed E-state index contributed by atoms with van der Waals surface area (Å²) < 4.78 is 26.4. The summed E-state index contributed by atoms with van der Waals surface area (Å²) >= 11 is 6.00. The zero-order valence-corrected chi connectivity index (χ0v) is 16.8. The zero-order valence-electron chi connectivity index (χ0n) is 16.1. The minimum absolute atomic E-state index is 0.193. The Bertz CT molecular complexity index is 948. The zero-order chi connectivity index (χ0) is 20.8. The lowest BCUT2D eigenvalue weighted by molar-refractivity contribution is -0.136. The monoisotopic (exact) mass is 424 g/mol. The summed E-state index contributed by atoms with van der Waals surface area (Å²) in [6.07, 6.45) is 1.06. The fraction of sp³-hybridized carbons (Fsp3) is 0.500. The topological polar surface area (TPSA) is 68.4 Å². The van der Waals surface area contributed by atoms with Crippen LogP contribution in [0.15, 0.2) is 24.3 Å². The van der Waals surface area contributed by atoms with Crippen molar-refractivity contribution in [2.75, 3.05) is 20.1 Å². The van der Waals surface area contributed by atoms with Gasteiger partial charge < -0.3 is 20.1 Å². The lowest BCUT2D eigenvalue weighted by Crippen LogP contribution is -2.53. The van der Waals surface area contributed by atoms with E-state index < -0.39 is 17.7 Å². The van der Waals surface area contributed by atoms with E-state index in [0.29, 0.717) is 31.1 Å². The molecule has 4 rings (SSSR count). The minimum atomic E-state index is -2.86. The van der Waals surface area contributed by atoms with Crippen LogP contribution in [0.2, 0.25) is 5.02 Å². The minimum Gasteiger partial charge on any atom is -0.357 e. The number of aromatic amines is 1. The molecule has 2 aliphatic rings. The van der Waals surface area contributed by atoms with Gasteiger partial charge in [0.15, 0.2) is 0 Å². The molecule has 1 aromatic heterocycles. The van der Waals surface area contributed by atoms with Gasteiger partial charge in [0.2, 0.25) is 5.91 Å². The number of fused-ring (bicyclic) bond motifs is 1. The Morgan fingerprint density at radius 3 is 2.86 bits per heavy atom. The number of hydrogen-bond donors (Lipinski definition) is 2. The first-order chi connectivity index (χ1) is 13.7. The molecule has 9 heteroatoms. The van der Waals surface area contributed by atoms with E-state index in [1.807, 2.05) is 18.2 Å². The molecule has 1 aliphatic heterocycles. The van der Waals surface area contributed by atoms with Gasteiger partial charge in [0.05, 0.1) is 12.6 Å². The lowest BCUT2D eigenvalue weighted by atomic mass is 10.0. The number of alkyl halides is 2. The highest BCUT2D eigenvalue weighted by Gasteiger charge is 2.62. The highest BCUT2D eigenvalue weighted by atomic mass is 35.5. The Hall–Kier alpha value is -2.35. The maximum absolute atomic E-state index is 13.2. The average molecular weight is 425 g/mol. The summed E-state index contributed by atoms with van der Waals surface area (Å²) in [5.41, 5.74) is 1.78. The van der Waals surface area contributed by atoms with Crippen LogP contribution < -0.4 is 5.32 Å². The fourth-order valence-electron chi connectivity index (χ4n) is 3.89. The average Bonchev–Trinajstić information content (AvgIpc) is 3.15. The Labute approximate surface area is 172 Å². The third-order valence-electron chi connectivity index (χ3n) is 5.77. The predicted octanol–water partition coefficient (Wildman–Crippen LogP) is 3.61. The van der Waals surface area contributed by atoms with Crippen molar-refractivity contribution in [2.24, 2.45) is 5.92 Å². The second-order valence-corrected chi connectivity index (χ2v) is 8.33. The van der Waals surface area contributed by atoms with Crippen LogP contribution in [0.1, 0.15) is 25.0 Å². The Morgan fingerprint density at radius 1 is 1.38 bits per heavy atom. The van der Waals surface area contributed by atoms with Crippen LogP contribution in [0.3, 0.4) is 0 Å². The highest BCUT2D eigenvalue weighted by molar-refractivity contribution is 6.31. The van der Waals surface area contributed by atoms with Crippen LogP contribution in [0, 0.1) is 5.92 Å². The first-order valence-corrected chi connectivity index (χ1v) is 10.1. The first kappa shape index (κ1) is 19.9. The second-order valence-electron chi connectivity index (χ2n) is 7.89. The van der Waals surface area contributed by atoms with E-state index in [2.05, 4.69) is 10.3 Å². The number of carbonyl (C=O) groups excluding carboxylic acids is 2. The van der Waals surface area contributed by atoms with Gasteiger partial charge in [0.1, 0.15) is 5.92 Å². The first-order valence-electron chi connectivity index (χ1n) is 9.69. The quantitative estimate of drug-likeness (QED) is 0.787. The molecule has 1 saturated heterocycles. The Balaban J connectivity index is 1.32. The predicted molar refractivity (Wildman–Crippen MR) is 106 cm³/mol. The van der Waals surface area contributed by atoms with Gasteiger partial charge in [-0.25, -0.2) is 13.6 Å². The Kier molecular flexibility index (Phi) is 5.14. The van der Waals surface area contributed by atoms with E-state index in [1.54, 1.807) is 18.0 Å². The number of carbonyl (C=O) groups is 2. The molecule has 29 heavy (non-hydrogen) atoms. The van der Waals surface area contributed by atoms with Crippen molar-refractivity contribution in [3.8, 4) is 0 Å². The molecule has 2 N–H and O–H groups in total. The van der Waals surface area contributed by atoms with Crippen molar-refractivity contribution in [1.82, 2.24) is 20.1 Å².